The molecule has 2 heteroatoms. The molecule has 0 bridgehead atoms. The molecule has 2 aromatic carbocycles. The van der Waals surface area contributed by atoms with E-state index in [4.69, 9.17) is 5.26 Å². The molecule has 0 saturated heterocycles. The molecule has 2 saturated carbocycles. The summed E-state index contributed by atoms with van der Waals surface area (Å²) in [7, 11) is 0. The van der Waals surface area contributed by atoms with Gasteiger partial charge in [0.2, 0.25) is 0 Å². The fourth-order valence-corrected chi connectivity index (χ4v) is 5.30. The van der Waals surface area contributed by atoms with Gasteiger partial charge in [-0.05, 0) is 84.9 Å². The summed E-state index contributed by atoms with van der Waals surface area (Å²) in [4.78, 5) is 0. The molecule has 130 valence electrons. The van der Waals surface area contributed by atoms with Gasteiger partial charge in [0.1, 0.15) is 5.82 Å². The molecule has 0 heterocycles. The molecule has 2 unspecified atom stereocenters. The lowest BCUT2D eigenvalue weighted by Crippen LogP contribution is -2.30. The van der Waals surface area contributed by atoms with Crippen LogP contribution in [-0.2, 0) is 0 Å². The number of halogens is 1. The van der Waals surface area contributed by atoms with Crippen molar-refractivity contribution in [2.24, 2.45) is 17.8 Å². The minimum atomic E-state index is -0.179. The zero-order chi connectivity index (χ0) is 17.4. The third-order valence-electron chi connectivity index (χ3n) is 6.83. The fourth-order valence-electron chi connectivity index (χ4n) is 5.30. The summed E-state index contributed by atoms with van der Waals surface area (Å²) in [5.74, 6) is 2.99. The highest BCUT2D eigenvalue weighted by atomic mass is 19.1. The van der Waals surface area contributed by atoms with Crippen LogP contribution < -0.4 is 0 Å². The number of hydrogen-bond acceptors (Lipinski definition) is 1. The normalized spacial score (nSPS) is 29.2. The molecule has 2 aliphatic rings. The van der Waals surface area contributed by atoms with Crippen molar-refractivity contribution in [3.8, 4) is 6.07 Å². The van der Waals surface area contributed by atoms with Crippen LogP contribution in [-0.4, -0.2) is 0 Å². The van der Waals surface area contributed by atoms with Gasteiger partial charge in [0.25, 0.3) is 0 Å². The first kappa shape index (κ1) is 16.6. The number of rotatable bonds is 2. The van der Waals surface area contributed by atoms with Gasteiger partial charge in [0, 0.05) is 5.39 Å². The summed E-state index contributed by atoms with van der Waals surface area (Å²) < 4.78 is 14.6. The van der Waals surface area contributed by atoms with E-state index < -0.39 is 0 Å². The van der Waals surface area contributed by atoms with Crippen molar-refractivity contribution in [3.63, 3.8) is 0 Å². The highest BCUT2D eigenvalue weighted by Crippen LogP contribution is 2.48. The first-order valence-corrected chi connectivity index (χ1v) is 9.81. The van der Waals surface area contributed by atoms with Crippen molar-refractivity contribution in [1.82, 2.24) is 0 Å². The van der Waals surface area contributed by atoms with Crippen molar-refractivity contribution in [2.45, 2.75) is 57.8 Å². The molecule has 25 heavy (non-hydrogen) atoms. The van der Waals surface area contributed by atoms with Crippen LogP contribution in [0.15, 0.2) is 30.3 Å². The number of nitrogens with zero attached hydrogens (tertiary/aromatic N) is 1. The van der Waals surface area contributed by atoms with Gasteiger partial charge in [-0.2, -0.15) is 5.26 Å². The van der Waals surface area contributed by atoms with Gasteiger partial charge in [0.15, 0.2) is 0 Å². The number of fused-ring (bicyclic) bond motifs is 2. The van der Waals surface area contributed by atoms with E-state index >= 15 is 0 Å². The lowest BCUT2D eigenvalue weighted by Gasteiger charge is -2.42. The first-order chi connectivity index (χ1) is 12.2. The van der Waals surface area contributed by atoms with Crippen molar-refractivity contribution in [2.75, 3.05) is 0 Å². The van der Waals surface area contributed by atoms with E-state index in [1.165, 1.54) is 44.9 Å². The molecule has 0 N–H and O–H groups in total. The quantitative estimate of drug-likeness (QED) is 0.609. The van der Waals surface area contributed by atoms with Crippen LogP contribution in [0.5, 0.6) is 0 Å². The maximum Gasteiger partial charge on any atom is 0.131 e. The van der Waals surface area contributed by atoms with E-state index in [9.17, 15) is 4.39 Å². The lowest BCUT2D eigenvalue weighted by molar-refractivity contribution is 0.116. The van der Waals surface area contributed by atoms with Crippen molar-refractivity contribution < 1.29 is 4.39 Å². The Morgan fingerprint density at radius 2 is 1.84 bits per heavy atom. The zero-order valence-electron chi connectivity index (χ0n) is 15.0. The van der Waals surface area contributed by atoms with Crippen LogP contribution in [0.4, 0.5) is 4.39 Å². The third-order valence-corrected chi connectivity index (χ3v) is 6.83. The van der Waals surface area contributed by atoms with Crippen molar-refractivity contribution in [1.29, 1.82) is 5.26 Å². The molecule has 0 aromatic heterocycles. The fraction of sp³-hybridized carbons (Fsp3) is 0.522. The van der Waals surface area contributed by atoms with Crippen LogP contribution in [0.25, 0.3) is 10.8 Å². The predicted molar refractivity (Wildman–Crippen MR) is 99.8 cm³/mol. The highest BCUT2D eigenvalue weighted by molar-refractivity contribution is 5.85. The van der Waals surface area contributed by atoms with E-state index in [0.29, 0.717) is 16.9 Å². The Morgan fingerprint density at radius 1 is 1.04 bits per heavy atom. The summed E-state index contributed by atoms with van der Waals surface area (Å²) in [6.07, 6.45) is 9.21. The Balaban J connectivity index is 1.58. The standard InChI is InChI=1S/C23H26FN/c1-2-15-3-5-18-11-19(8-7-17(18)9-15)21-12-20-6-4-16(14-25)10-22(20)23(24)13-21/h4,6,10,12-13,15,17-19H,2-3,5,7-9,11H2,1H3/t15-,17?,18-,19?/m1/s1. The molecule has 4 atom stereocenters. The average molecular weight is 335 g/mol. The molecular weight excluding hydrogens is 309 g/mol. The van der Waals surface area contributed by atoms with Crippen LogP contribution >= 0.6 is 0 Å². The molecule has 4 rings (SSSR count). The molecular formula is C23H26FN. The number of benzene rings is 2. The molecule has 1 nitrogen and oxygen atoms in total. The average Bonchev–Trinajstić information content (AvgIpc) is 2.66. The smallest absolute Gasteiger partial charge is 0.131 e. The Labute approximate surface area is 149 Å². The van der Waals surface area contributed by atoms with E-state index in [1.807, 2.05) is 6.07 Å². The Kier molecular flexibility index (Phi) is 4.50. The van der Waals surface area contributed by atoms with Gasteiger partial charge in [-0.1, -0.05) is 31.9 Å². The molecule has 2 aromatic rings. The molecule has 0 aliphatic heterocycles. The van der Waals surface area contributed by atoms with E-state index in [2.05, 4.69) is 19.1 Å². The van der Waals surface area contributed by atoms with Crippen LogP contribution in [0.1, 0.15) is 68.9 Å². The Hall–Kier alpha value is -1.88. The van der Waals surface area contributed by atoms with Crippen LogP contribution in [0.2, 0.25) is 0 Å². The second kappa shape index (κ2) is 6.79. The van der Waals surface area contributed by atoms with Crippen LogP contribution in [0, 0.1) is 34.9 Å². The summed E-state index contributed by atoms with van der Waals surface area (Å²) >= 11 is 0. The van der Waals surface area contributed by atoms with Gasteiger partial charge in [-0.15, -0.1) is 0 Å². The maximum atomic E-state index is 14.6. The molecule has 0 spiro atoms. The minimum absolute atomic E-state index is 0.179. The molecule has 2 fully saturated rings. The van der Waals surface area contributed by atoms with Crippen molar-refractivity contribution in [3.05, 3.63) is 47.3 Å². The van der Waals surface area contributed by atoms with E-state index in [-0.39, 0.29) is 5.82 Å². The second-order valence-electron chi connectivity index (χ2n) is 8.17. The van der Waals surface area contributed by atoms with Gasteiger partial charge < -0.3 is 0 Å². The maximum absolute atomic E-state index is 14.6. The number of nitriles is 1. The largest absolute Gasteiger partial charge is 0.206 e. The van der Waals surface area contributed by atoms with Gasteiger partial charge in [0.05, 0.1) is 11.6 Å². The summed E-state index contributed by atoms with van der Waals surface area (Å²) in [6.45, 7) is 2.33. The molecule has 2 aliphatic carbocycles. The third kappa shape index (κ3) is 3.17. The monoisotopic (exact) mass is 335 g/mol. The molecule has 0 radical (unpaired) electrons. The van der Waals surface area contributed by atoms with E-state index in [0.717, 1.165) is 28.7 Å². The predicted octanol–water partition coefficient (Wildman–Crippen LogP) is 6.56. The number of hydrogen-bond donors (Lipinski definition) is 0. The topological polar surface area (TPSA) is 23.8 Å². The minimum Gasteiger partial charge on any atom is -0.206 e. The Bertz CT molecular complexity index is 819. The van der Waals surface area contributed by atoms with Gasteiger partial charge >= 0.3 is 0 Å². The summed E-state index contributed by atoms with van der Waals surface area (Å²) in [6, 6.07) is 11.3. The van der Waals surface area contributed by atoms with E-state index in [1.54, 1.807) is 18.2 Å². The van der Waals surface area contributed by atoms with Crippen molar-refractivity contribution >= 4 is 10.8 Å². The van der Waals surface area contributed by atoms with Gasteiger partial charge in [-0.3, -0.25) is 0 Å². The van der Waals surface area contributed by atoms with Gasteiger partial charge in [-0.25, -0.2) is 4.39 Å². The Morgan fingerprint density at radius 3 is 2.64 bits per heavy atom. The highest BCUT2D eigenvalue weighted by Gasteiger charge is 2.35. The van der Waals surface area contributed by atoms with Crippen LogP contribution in [0.3, 0.4) is 0 Å². The lowest BCUT2D eigenvalue weighted by atomic mass is 9.63. The zero-order valence-corrected chi connectivity index (χ0v) is 15.0. The summed E-state index contributed by atoms with van der Waals surface area (Å²) in [5.41, 5.74) is 1.68. The summed E-state index contributed by atoms with van der Waals surface area (Å²) in [5, 5.41) is 10.5. The second-order valence-corrected chi connectivity index (χ2v) is 8.17. The first-order valence-electron chi connectivity index (χ1n) is 9.81. The molecule has 0 amide bonds. The SMILES string of the molecule is CC[C@@H]1CC[C@@H]2CC(c3cc(F)c4cc(C#N)ccc4c3)CCC2C1.